The van der Waals surface area contributed by atoms with Crippen LogP contribution in [-0.4, -0.2) is 42.9 Å². The highest BCUT2D eigenvalue weighted by atomic mass is 16.2. The van der Waals surface area contributed by atoms with Crippen molar-refractivity contribution < 1.29 is 9.59 Å². The van der Waals surface area contributed by atoms with Gasteiger partial charge >= 0.3 is 0 Å². The summed E-state index contributed by atoms with van der Waals surface area (Å²) >= 11 is 0. The number of hydrogen-bond donors (Lipinski definition) is 1. The molecule has 3 rings (SSSR count). The van der Waals surface area contributed by atoms with Gasteiger partial charge in [0.05, 0.1) is 0 Å². The van der Waals surface area contributed by atoms with Crippen LogP contribution in [0.25, 0.3) is 0 Å². The number of rotatable bonds is 6. The first-order valence-electron chi connectivity index (χ1n) is 9.48. The molecular formula is C20H29N3O2. The third-order valence-corrected chi connectivity index (χ3v) is 5.57. The zero-order valence-corrected chi connectivity index (χ0v) is 15.6. The van der Waals surface area contributed by atoms with Crippen LogP contribution in [-0.2, 0) is 9.59 Å². The third kappa shape index (κ3) is 3.37. The second-order valence-corrected chi connectivity index (χ2v) is 7.21. The minimum absolute atomic E-state index is 0.0277. The molecule has 1 N–H and O–H groups in total. The van der Waals surface area contributed by atoms with Gasteiger partial charge in [0.1, 0.15) is 5.41 Å². The van der Waals surface area contributed by atoms with E-state index >= 15 is 0 Å². The van der Waals surface area contributed by atoms with Crippen molar-refractivity contribution in [3.8, 4) is 0 Å². The third-order valence-electron chi connectivity index (χ3n) is 5.57. The lowest BCUT2D eigenvalue weighted by molar-refractivity contribution is -0.141. The molecule has 1 saturated carbocycles. The number of carbonyl (C=O) groups is 2. The Kier molecular flexibility index (Phi) is 5.02. The average Bonchev–Trinajstić information content (AvgIpc) is 3.24. The quantitative estimate of drug-likeness (QED) is 0.807. The standard InChI is InChI=1S/C20H29N3O2/c1-4-22(5-2)16-8-9-17(15(3)14-16)21-18(24)20(10-11-20)19(25)23-12-6-7-13-23/h8-9,14H,4-7,10-13H2,1-3H3,(H,21,24). The molecule has 2 aliphatic rings. The van der Waals surface area contributed by atoms with Gasteiger partial charge in [0.25, 0.3) is 0 Å². The van der Waals surface area contributed by atoms with E-state index in [1.54, 1.807) is 0 Å². The summed E-state index contributed by atoms with van der Waals surface area (Å²) in [7, 11) is 0. The molecular weight excluding hydrogens is 314 g/mol. The first-order valence-corrected chi connectivity index (χ1v) is 9.48. The highest BCUT2D eigenvalue weighted by Crippen LogP contribution is 2.48. The summed E-state index contributed by atoms with van der Waals surface area (Å²) < 4.78 is 0. The second-order valence-electron chi connectivity index (χ2n) is 7.21. The maximum Gasteiger partial charge on any atom is 0.240 e. The van der Waals surface area contributed by atoms with Crippen molar-refractivity contribution in [2.75, 3.05) is 36.4 Å². The van der Waals surface area contributed by atoms with E-state index in [1.807, 2.05) is 24.0 Å². The molecule has 1 aliphatic heterocycles. The van der Waals surface area contributed by atoms with E-state index in [0.29, 0.717) is 12.8 Å². The Hall–Kier alpha value is -2.04. The predicted molar refractivity (Wildman–Crippen MR) is 101 cm³/mol. The van der Waals surface area contributed by atoms with Crippen LogP contribution in [0, 0.1) is 12.3 Å². The lowest BCUT2D eigenvalue weighted by atomic mass is 10.0. The van der Waals surface area contributed by atoms with Gasteiger partial charge in [-0.2, -0.15) is 0 Å². The van der Waals surface area contributed by atoms with Gasteiger partial charge in [-0.05, 0) is 70.2 Å². The first kappa shape index (κ1) is 17.8. The molecule has 0 atom stereocenters. The molecule has 1 heterocycles. The highest BCUT2D eigenvalue weighted by Gasteiger charge is 2.58. The van der Waals surface area contributed by atoms with Crippen molar-refractivity contribution in [2.24, 2.45) is 5.41 Å². The number of carbonyl (C=O) groups excluding carboxylic acids is 2. The van der Waals surface area contributed by atoms with Gasteiger partial charge in [0, 0.05) is 37.6 Å². The van der Waals surface area contributed by atoms with Crippen molar-refractivity contribution in [3.63, 3.8) is 0 Å². The van der Waals surface area contributed by atoms with Gasteiger partial charge in [-0.25, -0.2) is 0 Å². The molecule has 1 aliphatic carbocycles. The summed E-state index contributed by atoms with van der Waals surface area (Å²) in [5.41, 5.74) is 2.19. The van der Waals surface area contributed by atoms with Crippen LogP contribution in [0.1, 0.15) is 45.1 Å². The topological polar surface area (TPSA) is 52.7 Å². The van der Waals surface area contributed by atoms with Crippen molar-refractivity contribution in [3.05, 3.63) is 23.8 Å². The smallest absolute Gasteiger partial charge is 0.240 e. The van der Waals surface area contributed by atoms with Crippen molar-refractivity contribution >= 4 is 23.2 Å². The average molecular weight is 343 g/mol. The fourth-order valence-electron chi connectivity index (χ4n) is 3.70. The number of aryl methyl sites for hydroxylation is 1. The zero-order chi connectivity index (χ0) is 18.0. The summed E-state index contributed by atoms with van der Waals surface area (Å²) in [6, 6.07) is 6.10. The molecule has 1 aromatic rings. The Bertz CT molecular complexity index is 657. The first-order chi connectivity index (χ1) is 12.0. The molecule has 2 fully saturated rings. The number of likely N-dealkylation sites (tertiary alicyclic amines) is 1. The summed E-state index contributed by atoms with van der Waals surface area (Å²) in [6.45, 7) is 9.77. The van der Waals surface area contributed by atoms with E-state index < -0.39 is 5.41 Å². The summed E-state index contributed by atoms with van der Waals surface area (Å²) in [5, 5.41) is 3.01. The van der Waals surface area contributed by atoms with Crippen LogP contribution in [0.3, 0.4) is 0 Å². The Labute approximate surface area is 150 Å². The molecule has 0 spiro atoms. The van der Waals surface area contributed by atoms with Crippen LogP contribution in [0.15, 0.2) is 18.2 Å². The normalized spacial score (nSPS) is 18.1. The molecule has 0 radical (unpaired) electrons. The van der Waals surface area contributed by atoms with E-state index in [4.69, 9.17) is 0 Å². The van der Waals surface area contributed by atoms with Gasteiger partial charge in [0.2, 0.25) is 11.8 Å². The van der Waals surface area contributed by atoms with E-state index in [9.17, 15) is 9.59 Å². The summed E-state index contributed by atoms with van der Waals surface area (Å²) in [6.07, 6.45) is 3.44. The van der Waals surface area contributed by atoms with Crippen LogP contribution in [0.5, 0.6) is 0 Å². The molecule has 5 heteroatoms. The number of nitrogens with one attached hydrogen (secondary N) is 1. The fraction of sp³-hybridized carbons (Fsp3) is 0.600. The molecule has 2 amide bonds. The van der Waals surface area contributed by atoms with Gasteiger partial charge in [-0.1, -0.05) is 0 Å². The van der Waals surface area contributed by atoms with Crippen LogP contribution < -0.4 is 10.2 Å². The maximum absolute atomic E-state index is 12.8. The zero-order valence-electron chi connectivity index (χ0n) is 15.6. The van der Waals surface area contributed by atoms with Crippen molar-refractivity contribution in [2.45, 2.75) is 46.5 Å². The Morgan fingerprint density at radius 1 is 1.16 bits per heavy atom. The molecule has 5 nitrogen and oxygen atoms in total. The Morgan fingerprint density at radius 3 is 2.32 bits per heavy atom. The number of nitrogens with zero attached hydrogens (tertiary/aromatic N) is 2. The maximum atomic E-state index is 12.8. The van der Waals surface area contributed by atoms with Crippen molar-refractivity contribution in [1.82, 2.24) is 4.90 Å². The predicted octanol–water partition coefficient (Wildman–Crippen LogP) is 3.18. The number of anilines is 2. The van der Waals surface area contributed by atoms with Gasteiger partial charge in [0.15, 0.2) is 0 Å². The minimum Gasteiger partial charge on any atom is -0.372 e. The van der Waals surface area contributed by atoms with Gasteiger partial charge in [-0.15, -0.1) is 0 Å². The minimum atomic E-state index is -0.811. The highest BCUT2D eigenvalue weighted by molar-refractivity contribution is 6.13. The molecule has 1 saturated heterocycles. The van der Waals surface area contributed by atoms with Crippen LogP contribution >= 0.6 is 0 Å². The number of hydrogen-bond acceptors (Lipinski definition) is 3. The Morgan fingerprint density at radius 2 is 1.80 bits per heavy atom. The molecule has 0 unspecified atom stereocenters. The number of amides is 2. The summed E-state index contributed by atoms with van der Waals surface area (Å²) in [4.78, 5) is 29.7. The monoisotopic (exact) mass is 343 g/mol. The van der Waals surface area contributed by atoms with Crippen LogP contribution in [0.4, 0.5) is 11.4 Å². The van der Waals surface area contributed by atoms with E-state index in [-0.39, 0.29) is 11.8 Å². The molecule has 136 valence electrons. The van der Waals surface area contributed by atoms with E-state index in [0.717, 1.165) is 56.0 Å². The molecule has 1 aromatic carbocycles. The van der Waals surface area contributed by atoms with E-state index in [2.05, 4.69) is 30.1 Å². The molecule has 0 aromatic heterocycles. The summed E-state index contributed by atoms with van der Waals surface area (Å²) in [5.74, 6) is -0.108. The fourth-order valence-corrected chi connectivity index (χ4v) is 3.70. The molecule has 0 bridgehead atoms. The van der Waals surface area contributed by atoms with Crippen molar-refractivity contribution in [1.29, 1.82) is 0 Å². The lowest BCUT2D eigenvalue weighted by Gasteiger charge is -2.24. The SMILES string of the molecule is CCN(CC)c1ccc(NC(=O)C2(C(=O)N3CCCC3)CC2)c(C)c1. The Balaban J connectivity index is 1.71. The van der Waals surface area contributed by atoms with Crippen LogP contribution in [0.2, 0.25) is 0 Å². The lowest BCUT2D eigenvalue weighted by Crippen LogP contribution is -2.41. The second kappa shape index (κ2) is 7.06. The molecule has 25 heavy (non-hydrogen) atoms. The van der Waals surface area contributed by atoms with Gasteiger partial charge in [-0.3, -0.25) is 9.59 Å². The number of benzene rings is 1. The van der Waals surface area contributed by atoms with E-state index in [1.165, 1.54) is 0 Å². The largest absolute Gasteiger partial charge is 0.372 e. The van der Waals surface area contributed by atoms with Gasteiger partial charge < -0.3 is 15.1 Å².